The minimum atomic E-state index is -0.0523. The van der Waals surface area contributed by atoms with Crippen molar-refractivity contribution < 1.29 is 0 Å². The largest absolute Gasteiger partial charge is 0.366 e. The number of hydrogen-bond donors (Lipinski definition) is 1. The van der Waals surface area contributed by atoms with Gasteiger partial charge in [0.05, 0.1) is 0 Å². The molecule has 2 rings (SSSR count). The third-order valence-electron chi connectivity index (χ3n) is 1.83. The van der Waals surface area contributed by atoms with Crippen LogP contribution >= 0.6 is 11.6 Å². The number of rotatable bonds is 0. The molecule has 0 amide bonds. The molecule has 1 unspecified atom stereocenters. The molecule has 2 N–H and O–H groups in total. The van der Waals surface area contributed by atoms with E-state index in [1.807, 2.05) is 0 Å². The van der Waals surface area contributed by atoms with Crippen molar-refractivity contribution in [2.45, 2.75) is 24.8 Å². The highest BCUT2D eigenvalue weighted by molar-refractivity contribution is 6.19. The molecule has 1 aromatic rings. The number of hydrogen-bond acceptors (Lipinski definition) is 3. The summed E-state index contributed by atoms with van der Waals surface area (Å²) in [5, 5.41) is 3.98. The van der Waals surface area contributed by atoms with E-state index in [1.54, 1.807) is 4.68 Å². The van der Waals surface area contributed by atoms with Crippen molar-refractivity contribution in [2.75, 3.05) is 5.73 Å². The second-order valence-electron chi connectivity index (χ2n) is 2.66. The van der Waals surface area contributed by atoms with Crippen LogP contribution in [-0.2, 0) is 6.42 Å². The van der Waals surface area contributed by atoms with Gasteiger partial charge in [0.15, 0.2) is 0 Å². The lowest BCUT2D eigenvalue weighted by atomic mass is 10.2. The van der Waals surface area contributed by atoms with Crippen molar-refractivity contribution in [3.8, 4) is 0 Å². The molecule has 0 aromatic carbocycles. The minimum Gasteiger partial charge on any atom is -0.366 e. The molecular formula is C6H9ClN4. The smallest absolute Gasteiger partial charge is 0.239 e. The van der Waals surface area contributed by atoms with E-state index in [2.05, 4.69) is 10.1 Å². The zero-order valence-electron chi connectivity index (χ0n) is 6.00. The van der Waals surface area contributed by atoms with E-state index in [0.29, 0.717) is 5.95 Å². The van der Waals surface area contributed by atoms with E-state index >= 15 is 0 Å². The van der Waals surface area contributed by atoms with Crippen LogP contribution in [0.15, 0.2) is 0 Å². The zero-order chi connectivity index (χ0) is 7.84. The highest BCUT2D eigenvalue weighted by atomic mass is 35.5. The number of nitrogens with zero attached hydrogens (tertiary/aromatic N) is 3. The summed E-state index contributed by atoms with van der Waals surface area (Å²) in [4.78, 5) is 4.05. The minimum absolute atomic E-state index is 0.0523. The Kier molecular flexibility index (Phi) is 1.49. The predicted molar refractivity (Wildman–Crippen MR) is 42.3 cm³/mol. The molecule has 1 atom stereocenters. The average molecular weight is 173 g/mol. The second-order valence-corrected chi connectivity index (χ2v) is 3.16. The fourth-order valence-electron chi connectivity index (χ4n) is 1.32. The Bertz CT molecular complexity index is 270. The summed E-state index contributed by atoms with van der Waals surface area (Å²) in [6, 6.07) is 0. The number of aromatic nitrogens is 3. The molecule has 11 heavy (non-hydrogen) atoms. The van der Waals surface area contributed by atoms with Gasteiger partial charge >= 0.3 is 0 Å². The number of aryl methyl sites for hydroxylation is 1. The number of nitrogen functional groups attached to an aromatic ring is 1. The molecule has 0 saturated heterocycles. The normalized spacial score (nSPS) is 23.2. The van der Waals surface area contributed by atoms with Crippen LogP contribution < -0.4 is 5.73 Å². The maximum absolute atomic E-state index is 5.97. The molecule has 5 heteroatoms. The monoisotopic (exact) mass is 172 g/mol. The van der Waals surface area contributed by atoms with E-state index < -0.39 is 0 Å². The zero-order valence-corrected chi connectivity index (χ0v) is 6.75. The highest BCUT2D eigenvalue weighted by Crippen LogP contribution is 2.26. The molecule has 60 valence electrons. The summed E-state index contributed by atoms with van der Waals surface area (Å²) >= 11 is 5.97. The lowest BCUT2D eigenvalue weighted by molar-refractivity contribution is 0.461. The molecule has 0 fully saturated rings. The molecule has 0 radical (unpaired) electrons. The van der Waals surface area contributed by atoms with Gasteiger partial charge in [0.25, 0.3) is 0 Å². The SMILES string of the molecule is Nc1nc2n(n1)C(Cl)CCC2. The number of anilines is 1. The predicted octanol–water partition coefficient (Wildman–Crippen LogP) is 0.934. The lowest BCUT2D eigenvalue weighted by Crippen LogP contribution is -2.14. The fourth-order valence-corrected chi connectivity index (χ4v) is 1.63. The molecule has 0 spiro atoms. The Balaban J connectivity index is 2.43. The van der Waals surface area contributed by atoms with Crippen LogP contribution in [0.1, 0.15) is 24.2 Å². The van der Waals surface area contributed by atoms with Gasteiger partial charge in [0.1, 0.15) is 11.3 Å². The van der Waals surface area contributed by atoms with Gasteiger partial charge in [0.2, 0.25) is 5.95 Å². The van der Waals surface area contributed by atoms with Crippen LogP contribution in [0, 0.1) is 0 Å². The van der Waals surface area contributed by atoms with Crippen molar-refractivity contribution in [3.05, 3.63) is 5.82 Å². The van der Waals surface area contributed by atoms with E-state index in [1.165, 1.54) is 0 Å². The Labute approximate surface area is 69.4 Å². The highest BCUT2D eigenvalue weighted by Gasteiger charge is 2.19. The molecule has 4 nitrogen and oxygen atoms in total. The van der Waals surface area contributed by atoms with E-state index in [9.17, 15) is 0 Å². The Morgan fingerprint density at radius 3 is 3.18 bits per heavy atom. The van der Waals surface area contributed by atoms with Crippen molar-refractivity contribution >= 4 is 17.5 Å². The van der Waals surface area contributed by atoms with Crippen LogP contribution in [0.25, 0.3) is 0 Å². The number of fused-ring (bicyclic) bond motifs is 1. The van der Waals surface area contributed by atoms with E-state index in [0.717, 1.165) is 25.1 Å². The summed E-state index contributed by atoms with van der Waals surface area (Å²) in [6.45, 7) is 0. The Morgan fingerprint density at radius 1 is 1.64 bits per heavy atom. The number of halogens is 1. The van der Waals surface area contributed by atoms with Crippen LogP contribution in [-0.4, -0.2) is 14.8 Å². The van der Waals surface area contributed by atoms with Gasteiger partial charge in [-0.15, -0.1) is 5.10 Å². The molecule has 0 aliphatic carbocycles. The molecule has 1 aliphatic rings. The van der Waals surface area contributed by atoms with Crippen molar-refractivity contribution in [2.24, 2.45) is 0 Å². The van der Waals surface area contributed by atoms with Crippen molar-refractivity contribution in [3.63, 3.8) is 0 Å². The van der Waals surface area contributed by atoms with Crippen molar-refractivity contribution in [1.29, 1.82) is 0 Å². The third-order valence-corrected chi connectivity index (χ3v) is 2.23. The first-order valence-corrected chi connectivity index (χ1v) is 4.06. The maximum atomic E-state index is 5.97. The Hall–Kier alpha value is -0.770. The topological polar surface area (TPSA) is 56.7 Å². The summed E-state index contributed by atoms with van der Waals surface area (Å²) in [6.07, 6.45) is 2.97. The average Bonchev–Trinajstić information content (AvgIpc) is 2.31. The Morgan fingerprint density at radius 2 is 2.45 bits per heavy atom. The summed E-state index contributed by atoms with van der Waals surface area (Å²) in [7, 11) is 0. The first-order valence-electron chi connectivity index (χ1n) is 3.62. The fraction of sp³-hybridized carbons (Fsp3) is 0.667. The molecule has 0 bridgehead atoms. The molecular weight excluding hydrogens is 164 g/mol. The molecule has 1 aliphatic heterocycles. The van der Waals surface area contributed by atoms with Crippen molar-refractivity contribution in [1.82, 2.24) is 14.8 Å². The first-order chi connectivity index (χ1) is 5.27. The standard InChI is InChI=1S/C6H9ClN4/c7-4-2-1-3-5-9-6(8)10-11(4)5/h4H,1-3H2,(H2,8,10). The van der Waals surface area contributed by atoms with E-state index in [-0.39, 0.29) is 5.50 Å². The van der Waals surface area contributed by atoms with Crippen LogP contribution in [0.3, 0.4) is 0 Å². The van der Waals surface area contributed by atoms with Gasteiger partial charge in [-0.3, -0.25) is 0 Å². The van der Waals surface area contributed by atoms with E-state index in [4.69, 9.17) is 17.3 Å². The molecule has 2 heterocycles. The van der Waals surface area contributed by atoms with Crippen LogP contribution in [0.5, 0.6) is 0 Å². The molecule has 0 saturated carbocycles. The van der Waals surface area contributed by atoms with Gasteiger partial charge in [-0.05, 0) is 12.8 Å². The lowest BCUT2D eigenvalue weighted by Gasteiger charge is -2.16. The van der Waals surface area contributed by atoms with Crippen LogP contribution in [0.2, 0.25) is 0 Å². The van der Waals surface area contributed by atoms with Gasteiger partial charge in [-0.2, -0.15) is 4.98 Å². The van der Waals surface area contributed by atoms with Gasteiger partial charge in [0, 0.05) is 6.42 Å². The first kappa shape index (κ1) is 6.91. The quantitative estimate of drug-likeness (QED) is 0.593. The van der Waals surface area contributed by atoms with Gasteiger partial charge < -0.3 is 5.73 Å². The maximum Gasteiger partial charge on any atom is 0.239 e. The summed E-state index contributed by atoms with van der Waals surface area (Å²) < 4.78 is 1.71. The van der Waals surface area contributed by atoms with Crippen LogP contribution in [0.4, 0.5) is 5.95 Å². The van der Waals surface area contributed by atoms with Gasteiger partial charge in [-0.1, -0.05) is 11.6 Å². The second kappa shape index (κ2) is 2.37. The number of nitrogens with two attached hydrogens (primary N) is 1. The molecule has 1 aromatic heterocycles. The summed E-state index contributed by atoms with van der Waals surface area (Å²) in [5.41, 5.74) is 5.37. The summed E-state index contributed by atoms with van der Waals surface area (Å²) in [5.74, 6) is 1.24. The third kappa shape index (κ3) is 1.07. The van der Waals surface area contributed by atoms with Gasteiger partial charge in [-0.25, -0.2) is 4.68 Å². The number of alkyl halides is 1.